The highest BCUT2D eigenvalue weighted by Crippen LogP contribution is 2.07. The Morgan fingerprint density at radius 1 is 1.58 bits per heavy atom. The molecule has 1 aliphatic rings. The van der Waals surface area contributed by atoms with Crippen molar-refractivity contribution in [3.05, 3.63) is 12.2 Å². The Labute approximate surface area is 112 Å². The maximum Gasteiger partial charge on any atom is 0.328 e. The quantitative estimate of drug-likeness (QED) is 0.528. The summed E-state index contributed by atoms with van der Waals surface area (Å²) >= 11 is 0. The second-order valence-electron chi connectivity index (χ2n) is 4.36. The highest BCUT2D eigenvalue weighted by molar-refractivity contribution is 5.82. The number of nitrogens with zero attached hydrogens (tertiary/aromatic N) is 1. The summed E-state index contributed by atoms with van der Waals surface area (Å²) in [5, 5.41) is 11.6. The smallest absolute Gasteiger partial charge is 0.328 e. The third-order valence-corrected chi connectivity index (χ3v) is 2.55. The van der Waals surface area contributed by atoms with Crippen LogP contribution in [0.3, 0.4) is 0 Å². The molecule has 1 saturated heterocycles. The molecule has 0 bridgehead atoms. The molecule has 1 rings (SSSR count). The molecule has 1 aliphatic heterocycles. The molecule has 0 saturated carbocycles. The van der Waals surface area contributed by atoms with Crippen LogP contribution in [0.15, 0.2) is 12.2 Å². The number of carboxylic acid groups (broad SMARTS) is 1. The first-order valence-electron chi connectivity index (χ1n) is 6.09. The highest BCUT2D eigenvalue weighted by atomic mass is 16.5. The Kier molecular flexibility index (Phi) is 6.31. The van der Waals surface area contributed by atoms with E-state index in [-0.39, 0.29) is 13.2 Å². The summed E-state index contributed by atoms with van der Waals surface area (Å²) in [5.74, 6) is -1.06. The van der Waals surface area contributed by atoms with E-state index in [4.69, 9.17) is 14.6 Å². The number of carbonyl (C=O) groups excluding carboxylic acids is 1. The zero-order chi connectivity index (χ0) is 14.3. The highest BCUT2D eigenvalue weighted by Gasteiger charge is 2.32. The van der Waals surface area contributed by atoms with Crippen molar-refractivity contribution in [2.75, 3.05) is 39.5 Å². The third-order valence-electron chi connectivity index (χ3n) is 2.55. The van der Waals surface area contributed by atoms with Gasteiger partial charge >= 0.3 is 12.0 Å². The summed E-state index contributed by atoms with van der Waals surface area (Å²) in [6, 6.07) is -1.33. The zero-order valence-corrected chi connectivity index (χ0v) is 11.1. The second kappa shape index (κ2) is 7.75. The molecule has 0 aromatic carbocycles. The molecule has 7 heteroatoms. The van der Waals surface area contributed by atoms with Gasteiger partial charge in [0.05, 0.1) is 26.4 Å². The molecule has 1 heterocycles. The van der Waals surface area contributed by atoms with Crippen molar-refractivity contribution in [1.29, 1.82) is 0 Å². The van der Waals surface area contributed by atoms with Crippen LogP contribution in [0.4, 0.5) is 4.79 Å². The number of amides is 2. The van der Waals surface area contributed by atoms with E-state index in [0.29, 0.717) is 26.4 Å². The van der Waals surface area contributed by atoms with Gasteiger partial charge in [0.15, 0.2) is 6.04 Å². The molecular formula is C12H20N2O5. The topological polar surface area (TPSA) is 88.1 Å². The molecule has 7 nitrogen and oxygen atoms in total. The number of urea groups is 1. The summed E-state index contributed by atoms with van der Waals surface area (Å²) in [7, 11) is 0. The minimum Gasteiger partial charge on any atom is -0.480 e. The molecule has 0 spiro atoms. The Balaban J connectivity index is 2.30. The zero-order valence-electron chi connectivity index (χ0n) is 11.1. The van der Waals surface area contributed by atoms with Crippen molar-refractivity contribution in [1.82, 2.24) is 10.2 Å². The van der Waals surface area contributed by atoms with Gasteiger partial charge in [-0.15, -0.1) is 0 Å². The van der Waals surface area contributed by atoms with Crippen LogP contribution in [0.5, 0.6) is 0 Å². The molecule has 0 aromatic rings. The number of hydrogen-bond acceptors (Lipinski definition) is 4. The van der Waals surface area contributed by atoms with Crippen LogP contribution in [-0.4, -0.2) is 67.6 Å². The lowest BCUT2D eigenvalue weighted by atomic mass is 10.2. The molecule has 0 radical (unpaired) electrons. The number of morpholine rings is 1. The molecule has 108 valence electrons. The molecule has 1 unspecified atom stereocenters. The SMILES string of the molecule is C=C(C)COCCNC(=O)N1CCOCC1C(=O)O. The largest absolute Gasteiger partial charge is 0.480 e. The van der Waals surface area contributed by atoms with Gasteiger partial charge in [-0.1, -0.05) is 12.2 Å². The van der Waals surface area contributed by atoms with E-state index in [1.165, 1.54) is 4.90 Å². The van der Waals surface area contributed by atoms with E-state index in [1.807, 2.05) is 6.92 Å². The second-order valence-corrected chi connectivity index (χ2v) is 4.36. The molecule has 2 N–H and O–H groups in total. The van der Waals surface area contributed by atoms with Gasteiger partial charge in [-0.2, -0.15) is 0 Å². The minimum atomic E-state index is -1.06. The standard InChI is InChI=1S/C12H20N2O5/c1-9(2)7-18-5-3-13-12(17)14-4-6-19-8-10(14)11(15)16/h10H,1,3-8H2,2H3,(H,13,17)(H,15,16). The first-order valence-corrected chi connectivity index (χ1v) is 6.09. The van der Waals surface area contributed by atoms with Crippen molar-refractivity contribution < 1.29 is 24.2 Å². The Bertz CT molecular complexity index is 345. The number of ether oxygens (including phenoxy) is 2. The van der Waals surface area contributed by atoms with Crippen LogP contribution in [0.1, 0.15) is 6.92 Å². The van der Waals surface area contributed by atoms with Crippen LogP contribution >= 0.6 is 0 Å². The van der Waals surface area contributed by atoms with Crippen molar-refractivity contribution in [3.8, 4) is 0 Å². The fourth-order valence-electron chi connectivity index (χ4n) is 1.63. The van der Waals surface area contributed by atoms with Crippen molar-refractivity contribution in [3.63, 3.8) is 0 Å². The predicted molar refractivity (Wildman–Crippen MR) is 68.0 cm³/mol. The van der Waals surface area contributed by atoms with Gasteiger partial charge in [0.25, 0.3) is 0 Å². The first kappa shape index (κ1) is 15.5. The maximum absolute atomic E-state index is 11.8. The number of aliphatic carboxylic acids is 1. The van der Waals surface area contributed by atoms with E-state index in [9.17, 15) is 9.59 Å². The van der Waals surface area contributed by atoms with Crippen LogP contribution < -0.4 is 5.32 Å². The average Bonchev–Trinajstić information content (AvgIpc) is 2.37. The van der Waals surface area contributed by atoms with Gasteiger partial charge < -0.3 is 24.8 Å². The lowest BCUT2D eigenvalue weighted by molar-refractivity contribution is -0.147. The summed E-state index contributed by atoms with van der Waals surface area (Å²) in [6.07, 6.45) is 0. The summed E-state index contributed by atoms with van der Waals surface area (Å²) < 4.78 is 10.3. The van der Waals surface area contributed by atoms with Crippen molar-refractivity contribution in [2.24, 2.45) is 0 Å². The fourth-order valence-corrected chi connectivity index (χ4v) is 1.63. The number of rotatable bonds is 6. The number of nitrogens with one attached hydrogen (secondary N) is 1. The lowest BCUT2D eigenvalue weighted by Gasteiger charge is -2.32. The summed E-state index contributed by atoms with van der Waals surface area (Å²) in [4.78, 5) is 24.1. The van der Waals surface area contributed by atoms with E-state index in [2.05, 4.69) is 11.9 Å². The van der Waals surface area contributed by atoms with Crippen LogP contribution in [0, 0.1) is 0 Å². The molecule has 2 amide bonds. The summed E-state index contributed by atoms with van der Waals surface area (Å²) in [5.41, 5.74) is 0.908. The van der Waals surface area contributed by atoms with Gasteiger partial charge in [-0.05, 0) is 6.92 Å². The molecule has 0 aromatic heterocycles. The maximum atomic E-state index is 11.8. The van der Waals surface area contributed by atoms with Crippen LogP contribution in [-0.2, 0) is 14.3 Å². The van der Waals surface area contributed by atoms with E-state index in [1.54, 1.807) is 0 Å². The minimum absolute atomic E-state index is 0.0227. The van der Waals surface area contributed by atoms with Crippen molar-refractivity contribution in [2.45, 2.75) is 13.0 Å². The average molecular weight is 272 g/mol. The summed E-state index contributed by atoms with van der Waals surface area (Å²) in [6.45, 7) is 7.33. The molecule has 1 fully saturated rings. The van der Waals surface area contributed by atoms with Gasteiger partial charge in [-0.3, -0.25) is 0 Å². The van der Waals surface area contributed by atoms with Crippen LogP contribution in [0.2, 0.25) is 0 Å². The molecular weight excluding hydrogens is 252 g/mol. The molecule has 19 heavy (non-hydrogen) atoms. The fraction of sp³-hybridized carbons (Fsp3) is 0.667. The van der Waals surface area contributed by atoms with Gasteiger partial charge in [0.2, 0.25) is 0 Å². The van der Waals surface area contributed by atoms with Gasteiger partial charge in [-0.25, -0.2) is 9.59 Å². The first-order chi connectivity index (χ1) is 9.02. The van der Waals surface area contributed by atoms with Gasteiger partial charge in [0.1, 0.15) is 0 Å². The monoisotopic (exact) mass is 272 g/mol. The Morgan fingerprint density at radius 2 is 2.32 bits per heavy atom. The number of carboxylic acids is 1. The predicted octanol–water partition coefficient (Wildman–Crippen LogP) is 0.0741. The van der Waals surface area contributed by atoms with E-state index >= 15 is 0 Å². The normalized spacial score (nSPS) is 19.0. The molecule has 1 atom stereocenters. The lowest BCUT2D eigenvalue weighted by Crippen LogP contribution is -2.55. The third kappa shape index (κ3) is 5.27. The van der Waals surface area contributed by atoms with Crippen LogP contribution in [0.25, 0.3) is 0 Å². The van der Waals surface area contributed by atoms with Gasteiger partial charge in [0, 0.05) is 13.1 Å². The Hall–Kier alpha value is -1.60. The van der Waals surface area contributed by atoms with E-state index < -0.39 is 18.0 Å². The van der Waals surface area contributed by atoms with E-state index in [0.717, 1.165) is 5.57 Å². The molecule has 0 aliphatic carbocycles. The Morgan fingerprint density at radius 3 is 2.95 bits per heavy atom. The number of carbonyl (C=O) groups is 2. The van der Waals surface area contributed by atoms with Crippen molar-refractivity contribution >= 4 is 12.0 Å². The number of hydrogen-bond donors (Lipinski definition) is 2.